The maximum Gasteiger partial charge on any atom is 0.410 e. The minimum Gasteiger partial charge on any atom is -0.468 e. The number of carbonyl (C=O) groups excluding carboxylic acids is 1. The van der Waals surface area contributed by atoms with Gasteiger partial charge in [0.05, 0.1) is 34.8 Å². The molecule has 3 heterocycles. The zero-order chi connectivity index (χ0) is 41.7. The second-order valence-electron chi connectivity index (χ2n) is 17.3. The topological polar surface area (TPSA) is 110 Å². The molecular formula is C44H53F2N5O5Si. The first-order valence-electron chi connectivity index (χ1n) is 19.7. The van der Waals surface area contributed by atoms with Gasteiger partial charge in [-0.15, -0.1) is 5.54 Å². The van der Waals surface area contributed by atoms with Crippen LogP contribution in [-0.4, -0.2) is 73.3 Å². The van der Waals surface area contributed by atoms with Crippen LogP contribution in [-0.2, 0) is 16.5 Å². The third-order valence-electron chi connectivity index (χ3n) is 11.7. The summed E-state index contributed by atoms with van der Waals surface area (Å²) in [6.07, 6.45) is 1.07. The summed E-state index contributed by atoms with van der Waals surface area (Å²) < 4.78 is 51.8. The first-order valence-corrected chi connectivity index (χ1v) is 21.9. The number of hydrogen-bond acceptors (Lipinski definition) is 8. The predicted octanol–water partition coefficient (Wildman–Crippen LogP) is 9.04. The highest BCUT2D eigenvalue weighted by molar-refractivity contribution is 6.90. The highest BCUT2D eigenvalue weighted by Gasteiger charge is 2.45. The van der Waals surface area contributed by atoms with E-state index in [4.69, 9.17) is 14.2 Å². The van der Waals surface area contributed by atoms with Gasteiger partial charge in [0, 0.05) is 43.6 Å². The molecule has 4 aromatic rings. The summed E-state index contributed by atoms with van der Waals surface area (Å²) in [7, 11) is 0.565. The standard InChI is InChI=1S/C44H53F2N5O5Si/c1-25(2)57(26(3)4,27(5)6)17-16-33-36(45)15-12-28-18-32(55-24-54-11)20-34(37(28)33)38-29(21-47)19-35-40(39(38)46)49(10)42(52)48-41(35)50-22-30-13-14-31(23-50)51(30)43(53)56-44(7,8)9/h12,15,18-20,25-27,30-31H,13-14,22-24H2,1-11H3. The second-order valence-corrected chi connectivity index (χ2v) is 22.8. The van der Waals surface area contributed by atoms with Crippen molar-refractivity contribution in [3.63, 3.8) is 0 Å². The van der Waals surface area contributed by atoms with E-state index < -0.39 is 37.1 Å². The smallest absolute Gasteiger partial charge is 0.410 e. The van der Waals surface area contributed by atoms with Gasteiger partial charge >= 0.3 is 11.8 Å². The fourth-order valence-electron chi connectivity index (χ4n) is 9.29. The number of halogens is 2. The molecule has 2 aliphatic heterocycles. The minimum absolute atomic E-state index is 0.0410. The molecule has 2 fully saturated rings. The Morgan fingerprint density at radius 1 is 1.02 bits per heavy atom. The van der Waals surface area contributed by atoms with Crippen molar-refractivity contribution in [2.45, 2.75) is 109 Å². The number of aromatic nitrogens is 2. The molecule has 6 rings (SSSR count). The lowest BCUT2D eigenvalue weighted by atomic mass is 9.90. The van der Waals surface area contributed by atoms with Gasteiger partial charge in [-0.2, -0.15) is 10.2 Å². The van der Waals surface area contributed by atoms with E-state index in [9.17, 15) is 14.9 Å². The number of hydrogen-bond donors (Lipinski definition) is 0. The fraction of sp³-hybridized carbons (Fsp3) is 0.500. The third-order valence-corrected chi connectivity index (χ3v) is 18.0. The number of piperazine rings is 1. The quantitative estimate of drug-likeness (QED) is 0.0988. The van der Waals surface area contributed by atoms with Gasteiger partial charge in [-0.05, 0) is 85.5 Å². The van der Waals surface area contributed by atoms with Crippen LogP contribution in [0, 0.1) is 34.4 Å². The van der Waals surface area contributed by atoms with E-state index in [-0.39, 0.29) is 74.5 Å². The first-order chi connectivity index (χ1) is 26.8. The van der Waals surface area contributed by atoms with Crippen LogP contribution >= 0.6 is 0 Å². The molecule has 10 nitrogen and oxygen atoms in total. The SMILES string of the molecule is COCOc1cc(-c2c(C#N)cc3c(N4CC5CCC(C4)N5C(=O)OC(C)(C)C)nc(=O)n(C)c3c2F)c2c(C#C[Si](C(C)C)(C(C)C)C(C)C)c(F)ccc2c1. The van der Waals surface area contributed by atoms with Crippen molar-refractivity contribution < 1.29 is 27.8 Å². The van der Waals surface area contributed by atoms with Gasteiger partial charge in [0.15, 0.2) is 12.6 Å². The molecule has 0 saturated carbocycles. The maximum absolute atomic E-state index is 17.7. The molecule has 2 bridgehead atoms. The Kier molecular flexibility index (Phi) is 11.5. The van der Waals surface area contributed by atoms with Crippen molar-refractivity contribution in [3.8, 4) is 34.4 Å². The average molecular weight is 798 g/mol. The van der Waals surface area contributed by atoms with E-state index in [1.54, 1.807) is 29.2 Å². The van der Waals surface area contributed by atoms with Crippen molar-refractivity contribution in [1.82, 2.24) is 14.5 Å². The third kappa shape index (κ3) is 7.48. The van der Waals surface area contributed by atoms with Gasteiger partial charge in [-0.25, -0.2) is 18.4 Å². The highest BCUT2D eigenvalue weighted by atomic mass is 28.3. The van der Waals surface area contributed by atoms with Crippen molar-refractivity contribution in [1.29, 1.82) is 5.26 Å². The van der Waals surface area contributed by atoms with Gasteiger partial charge in [-0.3, -0.25) is 9.47 Å². The Labute approximate surface area is 334 Å². The number of anilines is 1. The molecule has 2 saturated heterocycles. The molecule has 1 amide bonds. The van der Waals surface area contributed by atoms with Gasteiger partial charge < -0.3 is 19.1 Å². The van der Waals surface area contributed by atoms with Crippen molar-refractivity contribution in [3.05, 3.63) is 63.6 Å². The molecule has 2 atom stereocenters. The Balaban J connectivity index is 1.60. The van der Waals surface area contributed by atoms with E-state index in [1.165, 1.54) is 20.2 Å². The lowest BCUT2D eigenvalue weighted by molar-refractivity contribution is 0.0123. The molecule has 1 aromatic heterocycles. The second kappa shape index (κ2) is 15.8. The molecule has 3 aromatic carbocycles. The lowest BCUT2D eigenvalue weighted by Gasteiger charge is -2.42. The van der Waals surface area contributed by atoms with Crippen LogP contribution in [0.3, 0.4) is 0 Å². The van der Waals surface area contributed by atoms with Gasteiger partial charge in [0.2, 0.25) is 0 Å². The lowest BCUT2D eigenvalue weighted by Crippen LogP contribution is -2.57. The van der Waals surface area contributed by atoms with Crippen molar-refractivity contribution in [2.24, 2.45) is 7.05 Å². The van der Waals surface area contributed by atoms with Gasteiger partial charge in [0.1, 0.15) is 31.1 Å². The molecule has 0 spiro atoms. The monoisotopic (exact) mass is 797 g/mol. The number of methoxy groups -OCH3 is 1. The minimum atomic E-state index is -2.35. The van der Waals surface area contributed by atoms with E-state index >= 15 is 8.78 Å². The predicted molar refractivity (Wildman–Crippen MR) is 222 cm³/mol. The maximum atomic E-state index is 17.7. The van der Waals surface area contributed by atoms with E-state index in [0.717, 1.165) is 17.4 Å². The molecule has 2 aliphatic rings. The zero-order valence-corrected chi connectivity index (χ0v) is 35.8. The summed E-state index contributed by atoms with van der Waals surface area (Å²) in [5, 5.41) is 11.9. The largest absolute Gasteiger partial charge is 0.468 e. The Morgan fingerprint density at radius 2 is 1.65 bits per heavy atom. The molecule has 0 radical (unpaired) electrons. The Hall–Kier alpha value is -4.98. The summed E-state index contributed by atoms with van der Waals surface area (Å²) >= 11 is 0. The van der Waals surface area contributed by atoms with Gasteiger partial charge in [0.25, 0.3) is 0 Å². The summed E-state index contributed by atoms with van der Waals surface area (Å²) in [6.45, 7) is 19.1. The van der Waals surface area contributed by atoms with Crippen LogP contribution in [0.5, 0.6) is 5.75 Å². The molecule has 0 aliphatic carbocycles. The number of aryl methyl sites for hydroxylation is 1. The number of nitrogens with zero attached hydrogens (tertiary/aromatic N) is 5. The summed E-state index contributed by atoms with van der Waals surface area (Å²) in [6, 6.07) is 9.55. The van der Waals surface area contributed by atoms with Crippen LogP contribution in [0.1, 0.15) is 86.3 Å². The molecule has 57 heavy (non-hydrogen) atoms. The van der Waals surface area contributed by atoms with E-state index in [0.29, 0.717) is 29.6 Å². The van der Waals surface area contributed by atoms with Gasteiger partial charge in [-0.1, -0.05) is 53.5 Å². The number of nitriles is 1. The summed E-state index contributed by atoms with van der Waals surface area (Å²) in [5.41, 5.74) is 3.18. The first kappa shape index (κ1) is 41.6. The number of fused-ring (bicyclic) bond motifs is 4. The highest BCUT2D eigenvalue weighted by Crippen LogP contribution is 2.44. The van der Waals surface area contributed by atoms with E-state index in [1.807, 2.05) is 25.7 Å². The Morgan fingerprint density at radius 3 is 2.21 bits per heavy atom. The zero-order valence-electron chi connectivity index (χ0n) is 34.8. The van der Waals surface area contributed by atoms with E-state index in [2.05, 4.69) is 64.1 Å². The number of rotatable bonds is 8. The average Bonchev–Trinajstić information content (AvgIpc) is 3.40. The number of ether oxygens (including phenoxy) is 3. The summed E-state index contributed by atoms with van der Waals surface area (Å²) in [5.74, 6) is 2.41. The molecule has 13 heteroatoms. The van der Waals surface area contributed by atoms with Crippen molar-refractivity contribution in [2.75, 3.05) is 31.9 Å². The van der Waals surface area contributed by atoms with Crippen LogP contribution < -0.4 is 15.3 Å². The fourth-order valence-corrected chi connectivity index (χ4v) is 14.5. The number of carbonyl (C=O) groups is 1. The number of amides is 1. The van der Waals surface area contributed by atoms with Crippen LogP contribution in [0.15, 0.2) is 35.1 Å². The van der Waals surface area contributed by atoms with Crippen LogP contribution in [0.2, 0.25) is 16.6 Å². The molecular weight excluding hydrogens is 745 g/mol. The normalized spacial score (nSPS) is 17.1. The molecule has 302 valence electrons. The molecule has 2 unspecified atom stereocenters. The Bertz CT molecular complexity index is 2370. The van der Waals surface area contributed by atoms with Crippen molar-refractivity contribution >= 4 is 41.7 Å². The summed E-state index contributed by atoms with van der Waals surface area (Å²) in [4.78, 5) is 34.9. The van der Waals surface area contributed by atoms with Crippen LogP contribution in [0.25, 0.3) is 32.8 Å². The molecule has 0 N–H and O–H groups in total. The van der Waals surface area contributed by atoms with Crippen LogP contribution in [0.4, 0.5) is 19.4 Å². The number of benzene rings is 3.